The summed E-state index contributed by atoms with van der Waals surface area (Å²) in [6.07, 6.45) is 0.289. The monoisotopic (exact) mass is 440 g/mol. The summed E-state index contributed by atoms with van der Waals surface area (Å²) in [6, 6.07) is -0.0459. The number of aryl methyl sites for hydroxylation is 1. The Kier molecular flexibility index (Phi) is 5.20. The van der Waals surface area contributed by atoms with Crippen molar-refractivity contribution < 1.29 is 9.53 Å². The van der Waals surface area contributed by atoms with Gasteiger partial charge in [0.2, 0.25) is 0 Å². The molecule has 1 saturated heterocycles. The van der Waals surface area contributed by atoms with Gasteiger partial charge in [0.15, 0.2) is 4.73 Å². The summed E-state index contributed by atoms with van der Waals surface area (Å²) < 4.78 is 7.26. The molecule has 3 rings (SSSR count). The van der Waals surface area contributed by atoms with Crippen LogP contribution < -0.4 is 10.5 Å². The Morgan fingerprint density at radius 1 is 1.33 bits per heavy atom. The Morgan fingerprint density at radius 3 is 2.63 bits per heavy atom. The van der Waals surface area contributed by atoms with E-state index in [9.17, 15) is 9.59 Å². The largest absolute Gasteiger partial charge is 0.444 e. The van der Waals surface area contributed by atoms with Crippen LogP contribution in [0.15, 0.2) is 9.53 Å². The fraction of sp³-hybridized carbons (Fsp3) is 0.647. The van der Waals surface area contributed by atoms with E-state index in [1.165, 1.54) is 4.52 Å². The zero-order valence-electron chi connectivity index (χ0n) is 16.2. The van der Waals surface area contributed by atoms with Crippen LogP contribution in [0.3, 0.4) is 0 Å². The minimum absolute atomic E-state index is 0.0459. The minimum Gasteiger partial charge on any atom is -0.444 e. The molecule has 0 bridgehead atoms. The third-order valence-corrected chi connectivity index (χ3v) is 4.77. The second-order valence-electron chi connectivity index (χ2n) is 7.68. The van der Waals surface area contributed by atoms with Gasteiger partial charge in [-0.1, -0.05) is 6.92 Å². The Bertz CT molecular complexity index is 916. The minimum atomic E-state index is -0.533. The number of fused-ring (bicyclic) bond motifs is 1. The van der Waals surface area contributed by atoms with Gasteiger partial charge in [-0.2, -0.15) is 9.50 Å². The van der Waals surface area contributed by atoms with Crippen LogP contribution in [0.4, 0.5) is 10.5 Å². The Balaban J connectivity index is 1.89. The molecule has 0 aliphatic carbocycles. The number of halogens is 1. The van der Waals surface area contributed by atoms with E-state index in [4.69, 9.17) is 4.74 Å². The normalized spacial score (nSPS) is 18.2. The van der Waals surface area contributed by atoms with Crippen LogP contribution in [0.1, 0.15) is 40.3 Å². The average Bonchev–Trinajstić information content (AvgIpc) is 2.94. The fourth-order valence-corrected chi connectivity index (χ4v) is 3.58. The second kappa shape index (κ2) is 7.14. The van der Waals surface area contributed by atoms with Crippen LogP contribution in [0, 0.1) is 0 Å². The lowest BCUT2D eigenvalue weighted by Crippen LogP contribution is -2.56. The number of nitrogens with one attached hydrogen (secondary N) is 1. The molecular weight excluding hydrogens is 416 g/mol. The Hall–Kier alpha value is -2.10. The first-order chi connectivity index (χ1) is 12.6. The van der Waals surface area contributed by atoms with E-state index in [0.717, 1.165) is 0 Å². The first-order valence-corrected chi connectivity index (χ1v) is 9.81. The Morgan fingerprint density at radius 2 is 2.04 bits per heavy atom. The number of carbonyl (C=O) groups excluding carboxylic acids is 1. The maximum Gasteiger partial charge on any atom is 0.410 e. The van der Waals surface area contributed by atoms with E-state index in [1.54, 1.807) is 4.90 Å². The van der Waals surface area contributed by atoms with Gasteiger partial charge in [0.25, 0.3) is 11.3 Å². The molecule has 3 heterocycles. The van der Waals surface area contributed by atoms with Crippen molar-refractivity contribution >= 4 is 33.5 Å². The van der Waals surface area contributed by atoms with Crippen LogP contribution >= 0.6 is 15.9 Å². The molecule has 0 spiro atoms. The molecule has 10 heteroatoms. The number of H-pyrrole nitrogens is 1. The number of rotatable bonds is 2. The molecular formula is C17H25BrN6O3. The van der Waals surface area contributed by atoms with Crippen LogP contribution in [0.5, 0.6) is 0 Å². The SMILES string of the molecule is CCc1nc2nc(Br)[nH]n2c(=O)c1N1CCN(C(=O)OC(C)(C)C)C[C@H]1C. The van der Waals surface area contributed by atoms with Gasteiger partial charge in [-0.3, -0.25) is 9.89 Å². The molecule has 27 heavy (non-hydrogen) atoms. The lowest BCUT2D eigenvalue weighted by atomic mass is 10.1. The van der Waals surface area contributed by atoms with Crippen molar-refractivity contribution in [1.82, 2.24) is 24.5 Å². The summed E-state index contributed by atoms with van der Waals surface area (Å²) in [5.41, 5.74) is 0.543. The lowest BCUT2D eigenvalue weighted by molar-refractivity contribution is 0.0218. The first-order valence-electron chi connectivity index (χ1n) is 9.02. The van der Waals surface area contributed by atoms with Crippen molar-refractivity contribution in [3.63, 3.8) is 0 Å². The lowest BCUT2D eigenvalue weighted by Gasteiger charge is -2.41. The van der Waals surface area contributed by atoms with E-state index in [0.29, 0.717) is 47.9 Å². The molecule has 1 aliphatic heterocycles. The molecule has 0 saturated carbocycles. The van der Waals surface area contributed by atoms with Crippen molar-refractivity contribution in [2.24, 2.45) is 0 Å². The van der Waals surface area contributed by atoms with Crippen LogP contribution in [-0.4, -0.2) is 61.9 Å². The van der Waals surface area contributed by atoms with Gasteiger partial charge >= 0.3 is 6.09 Å². The zero-order valence-corrected chi connectivity index (χ0v) is 17.8. The molecule has 148 valence electrons. The topological polar surface area (TPSA) is 95.8 Å². The Labute approximate surface area is 165 Å². The summed E-state index contributed by atoms with van der Waals surface area (Å²) in [6.45, 7) is 11.0. The smallest absolute Gasteiger partial charge is 0.410 e. The number of aromatic amines is 1. The van der Waals surface area contributed by atoms with E-state index in [2.05, 4.69) is 31.0 Å². The van der Waals surface area contributed by atoms with Gasteiger partial charge in [-0.25, -0.2) is 9.78 Å². The number of aromatic nitrogens is 4. The highest BCUT2D eigenvalue weighted by molar-refractivity contribution is 9.10. The molecule has 1 atom stereocenters. The van der Waals surface area contributed by atoms with E-state index < -0.39 is 5.60 Å². The highest BCUT2D eigenvalue weighted by Crippen LogP contribution is 2.22. The van der Waals surface area contributed by atoms with E-state index in [1.807, 2.05) is 39.5 Å². The molecule has 0 unspecified atom stereocenters. The summed E-state index contributed by atoms with van der Waals surface area (Å²) in [5.74, 6) is 0.340. The third kappa shape index (κ3) is 3.95. The fourth-order valence-electron chi connectivity index (χ4n) is 3.24. The van der Waals surface area contributed by atoms with Crippen LogP contribution in [0.25, 0.3) is 5.78 Å². The number of anilines is 1. The maximum atomic E-state index is 13.1. The van der Waals surface area contributed by atoms with Crippen LogP contribution in [-0.2, 0) is 11.2 Å². The number of carbonyl (C=O) groups is 1. The van der Waals surface area contributed by atoms with Gasteiger partial charge < -0.3 is 14.5 Å². The van der Waals surface area contributed by atoms with Gasteiger partial charge in [-0.05, 0) is 50.0 Å². The van der Waals surface area contributed by atoms with Gasteiger partial charge in [-0.15, -0.1) is 0 Å². The standard InChI is InChI=1S/C17H25BrN6O3/c1-6-11-12(13(25)24-15(19-11)20-14(18)21-24)23-8-7-22(9-10(23)2)16(26)27-17(3,4)5/h10H,6-9H2,1-5H3,(H,19,20,21)/t10-/m1/s1. The predicted octanol–water partition coefficient (Wildman–Crippen LogP) is 2.19. The highest BCUT2D eigenvalue weighted by atomic mass is 79.9. The third-order valence-electron chi connectivity index (χ3n) is 4.42. The average molecular weight is 441 g/mol. The van der Waals surface area contributed by atoms with Gasteiger partial charge in [0.05, 0.1) is 5.69 Å². The number of hydrogen-bond acceptors (Lipinski definition) is 6. The summed E-state index contributed by atoms with van der Waals surface area (Å²) in [4.78, 5) is 37.8. The van der Waals surface area contributed by atoms with Crippen molar-refractivity contribution in [3.8, 4) is 0 Å². The molecule has 0 aromatic carbocycles. The molecule has 1 aliphatic rings. The summed E-state index contributed by atoms with van der Waals surface area (Å²) in [5, 5.41) is 2.86. The van der Waals surface area contributed by atoms with E-state index >= 15 is 0 Å². The van der Waals surface area contributed by atoms with E-state index in [-0.39, 0.29) is 17.7 Å². The second-order valence-corrected chi connectivity index (χ2v) is 8.44. The summed E-state index contributed by atoms with van der Waals surface area (Å²) in [7, 11) is 0. The van der Waals surface area contributed by atoms with Crippen molar-refractivity contribution in [1.29, 1.82) is 0 Å². The quantitative estimate of drug-likeness (QED) is 0.768. The highest BCUT2D eigenvalue weighted by Gasteiger charge is 2.32. The molecule has 9 nitrogen and oxygen atoms in total. The first kappa shape index (κ1) is 19.7. The predicted molar refractivity (Wildman–Crippen MR) is 105 cm³/mol. The zero-order chi connectivity index (χ0) is 19.9. The van der Waals surface area contributed by atoms with Crippen molar-refractivity contribution in [2.45, 2.75) is 52.7 Å². The number of amides is 1. The number of piperazine rings is 1. The molecule has 2 aromatic heterocycles. The molecule has 1 fully saturated rings. The number of ether oxygens (including phenoxy) is 1. The molecule has 2 aromatic rings. The van der Waals surface area contributed by atoms with Crippen molar-refractivity contribution in [2.75, 3.05) is 24.5 Å². The maximum absolute atomic E-state index is 13.1. The van der Waals surface area contributed by atoms with Gasteiger partial charge in [0.1, 0.15) is 11.3 Å². The number of hydrogen-bond donors (Lipinski definition) is 1. The molecule has 1 amide bonds. The number of nitrogens with zero attached hydrogens (tertiary/aromatic N) is 5. The van der Waals surface area contributed by atoms with Gasteiger partial charge in [0, 0.05) is 25.7 Å². The summed E-state index contributed by atoms with van der Waals surface area (Å²) >= 11 is 3.25. The van der Waals surface area contributed by atoms with Crippen molar-refractivity contribution in [3.05, 3.63) is 20.8 Å². The van der Waals surface area contributed by atoms with Crippen LogP contribution in [0.2, 0.25) is 0 Å². The molecule has 0 radical (unpaired) electrons. The molecule has 1 N–H and O–H groups in total.